The molecule has 0 amide bonds. The summed E-state index contributed by atoms with van der Waals surface area (Å²) < 4.78 is 0. The highest BCUT2D eigenvalue weighted by atomic mass is 16.6. The largest absolute Gasteiger partial charge is 0.344 e. The minimum Gasteiger partial charge on any atom is -0.344 e. The first-order chi connectivity index (χ1) is 7.75. The number of hydrogen-bond acceptors (Lipinski definition) is 3. The Bertz CT molecular complexity index is 358. The van der Waals surface area contributed by atoms with Crippen molar-refractivity contribution in [2.45, 2.75) is 6.54 Å². The molecule has 0 unspecified atom stereocenters. The van der Waals surface area contributed by atoms with E-state index in [-0.39, 0.29) is 10.6 Å². The van der Waals surface area contributed by atoms with Crippen molar-refractivity contribution < 1.29 is 10.2 Å². The van der Waals surface area contributed by atoms with E-state index in [1.807, 2.05) is 12.1 Å². The van der Waals surface area contributed by atoms with Crippen molar-refractivity contribution in [3.8, 4) is 0 Å². The number of quaternary nitrogens is 1. The van der Waals surface area contributed by atoms with E-state index >= 15 is 0 Å². The summed E-state index contributed by atoms with van der Waals surface area (Å²) in [5.74, 6) is 0. The Morgan fingerprint density at radius 2 is 1.88 bits per heavy atom. The summed E-state index contributed by atoms with van der Waals surface area (Å²) in [6.07, 6.45) is 0. The molecule has 0 atom stereocenters. The summed E-state index contributed by atoms with van der Waals surface area (Å²) in [5, 5.41) is 12.8. The Kier molecular flexibility index (Phi) is 3.48. The van der Waals surface area contributed by atoms with Crippen LogP contribution in [0.5, 0.6) is 0 Å². The molecule has 86 valence electrons. The van der Waals surface area contributed by atoms with Gasteiger partial charge in [-0.05, 0) is 5.56 Å². The normalized spacial score (nSPS) is 17.2. The van der Waals surface area contributed by atoms with E-state index < -0.39 is 0 Å². The van der Waals surface area contributed by atoms with Crippen LogP contribution in [0.2, 0.25) is 0 Å². The highest BCUT2D eigenvalue weighted by Crippen LogP contribution is 2.13. The third-order valence-electron chi connectivity index (χ3n) is 2.85. The summed E-state index contributed by atoms with van der Waals surface area (Å²) >= 11 is 0. The number of nitro benzene ring substituents is 1. The second-order valence-electron chi connectivity index (χ2n) is 4.07. The number of rotatable bonds is 3. The molecule has 16 heavy (non-hydrogen) atoms. The first kappa shape index (κ1) is 11.0. The average Bonchev–Trinajstić information content (AvgIpc) is 2.31. The quantitative estimate of drug-likeness (QED) is 0.577. The van der Waals surface area contributed by atoms with Gasteiger partial charge in [-0.3, -0.25) is 15.0 Å². The first-order valence-electron chi connectivity index (χ1n) is 5.53. The zero-order valence-corrected chi connectivity index (χ0v) is 9.13. The highest BCUT2D eigenvalue weighted by molar-refractivity contribution is 5.32. The fraction of sp³-hybridized carbons (Fsp3) is 0.455. The van der Waals surface area contributed by atoms with Gasteiger partial charge < -0.3 is 5.32 Å². The van der Waals surface area contributed by atoms with Crippen molar-refractivity contribution in [1.82, 2.24) is 4.90 Å². The third-order valence-corrected chi connectivity index (χ3v) is 2.85. The molecule has 0 radical (unpaired) electrons. The van der Waals surface area contributed by atoms with Gasteiger partial charge in [-0.25, -0.2) is 0 Å². The summed E-state index contributed by atoms with van der Waals surface area (Å²) in [5.41, 5.74) is 1.31. The zero-order chi connectivity index (χ0) is 11.4. The Morgan fingerprint density at radius 1 is 1.25 bits per heavy atom. The lowest BCUT2D eigenvalue weighted by molar-refractivity contribution is -0.663. The lowest BCUT2D eigenvalue weighted by atomic mass is 10.2. The SMILES string of the molecule is O=[N+]([O-])c1ccc(CN2CC[NH2+]CC2)cc1. The Labute approximate surface area is 94.2 Å². The van der Waals surface area contributed by atoms with Crippen molar-refractivity contribution in [3.05, 3.63) is 39.9 Å². The van der Waals surface area contributed by atoms with E-state index in [1.165, 1.54) is 0 Å². The molecule has 0 spiro atoms. The maximum atomic E-state index is 10.5. The van der Waals surface area contributed by atoms with Crippen molar-refractivity contribution in [3.63, 3.8) is 0 Å². The third kappa shape index (κ3) is 2.77. The Morgan fingerprint density at radius 3 is 2.44 bits per heavy atom. The number of benzene rings is 1. The van der Waals surface area contributed by atoms with Gasteiger partial charge in [-0.2, -0.15) is 0 Å². The van der Waals surface area contributed by atoms with Crippen LogP contribution in [0.3, 0.4) is 0 Å². The van der Waals surface area contributed by atoms with Crippen LogP contribution in [-0.2, 0) is 6.54 Å². The fourth-order valence-corrected chi connectivity index (χ4v) is 1.94. The standard InChI is InChI=1S/C11H15N3O2/c15-14(16)11-3-1-10(2-4-11)9-13-7-5-12-6-8-13/h1-4,12H,5-9H2/p+1. The molecular formula is C11H16N3O2+. The maximum absolute atomic E-state index is 10.5. The molecule has 1 saturated heterocycles. The van der Waals surface area contributed by atoms with Crippen LogP contribution < -0.4 is 5.32 Å². The summed E-state index contributed by atoms with van der Waals surface area (Å²) in [6.45, 7) is 5.37. The van der Waals surface area contributed by atoms with E-state index in [0.717, 1.165) is 38.3 Å². The number of nitro groups is 1. The van der Waals surface area contributed by atoms with Crippen molar-refractivity contribution in [2.75, 3.05) is 26.2 Å². The van der Waals surface area contributed by atoms with Gasteiger partial charge in [-0.15, -0.1) is 0 Å². The molecule has 2 N–H and O–H groups in total. The summed E-state index contributed by atoms with van der Waals surface area (Å²) in [4.78, 5) is 12.5. The molecule has 2 rings (SSSR count). The summed E-state index contributed by atoms with van der Waals surface area (Å²) in [6, 6.07) is 6.84. The molecule has 1 aliphatic heterocycles. The van der Waals surface area contributed by atoms with Crippen LogP contribution in [-0.4, -0.2) is 36.0 Å². The minimum atomic E-state index is -0.361. The van der Waals surface area contributed by atoms with Crippen LogP contribution in [0.1, 0.15) is 5.56 Å². The van der Waals surface area contributed by atoms with Gasteiger partial charge in [0.05, 0.1) is 18.0 Å². The zero-order valence-electron chi connectivity index (χ0n) is 9.13. The predicted octanol–water partition coefficient (Wildman–Crippen LogP) is -0.0262. The topological polar surface area (TPSA) is 63.0 Å². The van der Waals surface area contributed by atoms with Gasteiger partial charge in [-0.1, -0.05) is 12.1 Å². The molecule has 0 bridgehead atoms. The highest BCUT2D eigenvalue weighted by Gasteiger charge is 2.12. The molecule has 1 aromatic rings. The molecule has 1 heterocycles. The maximum Gasteiger partial charge on any atom is 0.269 e. The molecule has 1 aromatic carbocycles. The van der Waals surface area contributed by atoms with Crippen LogP contribution in [0, 0.1) is 10.1 Å². The van der Waals surface area contributed by atoms with Crippen LogP contribution >= 0.6 is 0 Å². The van der Waals surface area contributed by atoms with Crippen LogP contribution in [0.4, 0.5) is 5.69 Å². The Balaban J connectivity index is 1.96. The van der Waals surface area contributed by atoms with E-state index in [0.29, 0.717) is 0 Å². The van der Waals surface area contributed by atoms with E-state index in [2.05, 4.69) is 10.2 Å². The van der Waals surface area contributed by atoms with Crippen LogP contribution in [0.25, 0.3) is 0 Å². The van der Waals surface area contributed by atoms with Gasteiger partial charge in [0.1, 0.15) is 0 Å². The predicted molar refractivity (Wildman–Crippen MR) is 60.0 cm³/mol. The van der Waals surface area contributed by atoms with Gasteiger partial charge >= 0.3 is 0 Å². The second kappa shape index (κ2) is 5.05. The van der Waals surface area contributed by atoms with E-state index in [9.17, 15) is 10.1 Å². The molecule has 5 heteroatoms. The Hall–Kier alpha value is -1.46. The molecular weight excluding hydrogens is 206 g/mol. The molecule has 0 aliphatic carbocycles. The van der Waals surface area contributed by atoms with E-state index in [1.54, 1.807) is 12.1 Å². The summed E-state index contributed by atoms with van der Waals surface area (Å²) in [7, 11) is 0. The molecule has 1 fully saturated rings. The van der Waals surface area contributed by atoms with Gasteiger partial charge in [0.15, 0.2) is 0 Å². The lowest BCUT2D eigenvalue weighted by Crippen LogP contribution is -2.89. The van der Waals surface area contributed by atoms with Crippen LogP contribution in [0.15, 0.2) is 24.3 Å². The number of piperazine rings is 1. The second-order valence-corrected chi connectivity index (χ2v) is 4.07. The fourth-order valence-electron chi connectivity index (χ4n) is 1.94. The van der Waals surface area contributed by atoms with E-state index in [4.69, 9.17) is 0 Å². The van der Waals surface area contributed by atoms with Crippen molar-refractivity contribution in [1.29, 1.82) is 0 Å². The molecule has 5 nitrogen and oxygen atoms in total. The van der Waals surface area contributed by atoms with Gasteiger partial charge in [0.25, 0.3) is 5.69 Å². The minimum absolute atomic E-state index is 0.163. The monoisotopic (exact) mass is 222 g/mol. The number of hydrogen-bond donors (Lipinski definition) is 1. The number of non-ortho nitro benzene ring substituents is 1. The molecule has 0 saturated carbocycles. The van der Waals surface area contributed by atoms with Crippen molar-refractivity contribution >= 4 is 5.69 Å². The van der Waals surface area contributed by atoms with Gasteiger partial charge in [0.2, 0.25) is 0 Å². The lowest BCUT2D eigenvalue weighted by Gasteiger charge is -2.24. The first-order valence-corrected chi connectivity index (χ1v) is 5.53. The molecule has 0 aromatic heterocycles. The number of nitrogens with zero attached hydrogens (tertiary/aromatic N) is 2. The average molecular weight is 222 g/mol. The smallest absolute Gasteiger partial charge is 0.269 e. The van der Waals surface area contributed by atoms with Gasteiger partial charge in [0, 0.05) is 31.8 Å². The van der Waals surface area contributed by atoms with Crippen molar-refractivity contribution in [2.24, 2.45) is 0 Å². The number of nitrogens with two attached hydrogens (primary N) is 1. The molecule has 1 aliphatic rings.